The van der Waals surface area contributed by atoms with Gasteiger partial charge in [0.05, 0.1) is 20.6 Å². The molecule has 0 bridgehead atoms. The average molecular weight is 292 g/mol. The highest BCUT2D eigenvalue weighted by Gasteiger charge is 2.20. The van der Waals surface area contributed by atoms with Gasteiger partial charge in [-0.2, -0.15) is 0 Å². The van der Waals surface area contributed by atoms with E-state index < -0.39 is 0 Å². The van der Waals surface area contributed by atoms with E-state index in [1.807, 2.05) is 6.07 Å². The van der Waals surface area contributed by atoms with Crippen LogP contribution in [0.2, 0.25) is 0 Å². The van der Waals surface area contributed by atoms with Crippen LogP contribution in [0.4, 0.5) is 0 Å². The lowest BCUT2D eigenvalue weighted by molar-refractivity contribution is -0.125. The molecule has 1 aliphatic heterocycles. The number of carbonyl (C=O) groups excluding carboxylic acids is 2. The van der Waals surface area contributed by atoms with Gasteiger partial charge in [0.25, 0.3) is 0 Å². The Hall–Kier alpha value is -2.24. The molecule has 1 saturated heterocycles. The van der Waals surface area contributed by atoms with E-state index in [-0.39, 0.29) is 24.3 Å². The number of piperidine rings is 1. The van der Waals surface area contributed by atoms with Crippen LogP contribution in [0.1, 0.15) is 18.4 Å². The SMILES string of the molecule is COc1ccc(CC(=O)NC2CCC(=O)NC2)c(OC)c1. The third-order valence-corrected chi connectivity index (χ3v) is 3.48. The maximum absolute atomic E-state index is 12.1. The van der Waals surface area contributed by atoms with Crippen molar-refractivity contribution in [3.05, 3.63) is 23.8 Å². The Kier molecular flexibility index (Phi) is 5.03. The van der Waals surface area contributed by atoms with Gasteiger partial charge in [0, 0.05) is 30.6 Å². The molecule has 6 heteroatoms. The fourth-order valence-electron chi connectivity index (χ4n) is 2.31. The summed E-state index contributed by atoms with van der Waals surface area (Å²) in [6.07, 6.45) is 1.37. The lowest BCUT2D eigenvalue weighted by atomic mass is 10.1. The van der Waals surface area contributed by atoms with Crippen LogP contribution >= 0.6 is 0 Å². The third-order valence-electron chi connectivity index (χ3n) is 3.48. The second kappa shape index (κ2) is 6.97. The number of hydrogen-bond donors (Lipinski definition) is 2. The van der Waals surface area contributed by atoms with Crippen molar-refractivity contribution in [2.75, 3.05) is 20.8 Å². The Bertz CT molecular complexity index is 520. The molecule has 0 saturated carbocycles. The molecule has 1 heterocycles. The fourth-order valence-corrected chi connectivity index (χ4v) is 2.31. The average Bonchev–Trinajstić information content (AvgIpc) is 2.50. The highest BCUT2D eigenvalue weighted by atomic mass is 16.5. The van der Waals surface area contributed by atoms with Crippen molar-refractivity contribution in [3.63, 3.8) is 0 Å². The quantitative estimate of drug-likeness (QED) is 0.835. The summed E-state index contributed by atoms with van der Waals surface area (Å²) < 4.78 is 10.4. The normalized spacial score (nSPS) is 17.8. The zero-order valence-electron chi connectivity index (χ0n) is 12.3. The summed E-state index contributed by atoms with van der Waals surface area (Å²) in [5, 5.41) is 5.67. The number of amides is 2. The van der Waals surface area contributed by atoms with E-state index in [9.17, 15) is 9.59 Å². The first-order valence-corrected chi connectivity index (χ1v) is 6.89. The number of hydrogen-bond acceptors (Lipinski definition) is 4. The Morgan fingerprint density at radius 2 is 2.19 bits per heavy atom. The van der Waals surface area contributed by atoms with E-state index in [0.29, 0.717) is 30.9 Å². The molecule has 0 aromatic heterocycles. The summed E-state index contributed by atoms with van der Waals surface area (Å²) in [5.74, 6) is 1.27. The van der Waals surface area contributed by atoms with Crippen molar-refractivity contribution in [2.45, 2.75) is 25.3 Å². The fraction of sp³-hybridized carbons (Fsp3) is 0.467. The predicted octanol–water partition coefficient (Wildman–Crippen LogP) is 0.641. The molecule has 0 spiro atoms. The molecule has 1 atom stereocenters. The smallest absolute Gasteiger partial charge is 0.224 e. The maximum Gasteiger partial charge on any atom is 0.224 e. The number of methoxy groups -OCH3 is 2. The van der Waals surface area contributed by atoms with Crippen LogP contribution in [0.3, 0.4) is 0 Å². The Morgan fingerprint density at radius 1 is 1.38 bits per heavy atom. The van der Waals surface area contributed by atoms with Crippen LogP contribution in [-0.4, -0.2) is 38.6 Å². The van der Waals surface area contributed by atoms with Gasteiger partial charge < -0.3 is 20.1 Å². The standard InChI is InChI=1S/C15H20N2O4/c1-20-12-5-3-10(13(8-12)21-2)7-15(19)17-11-4-6-14(18)16-9-11/h3,5,8,11H,4,6-7,9H2,1-2H3,(H,16,18)(H,17,19). The molecule has 114 valence electrons. The second-order valence-corrected chi connectivity index (χ2v) is 4.96. The van der Waals surface area contributed by atoms with Gasteiger partial charge in [-0.3, -0.25) is 9.59 Å². The molecule has 1 fully saturated rings. The van der Waals surface area contributed by atoms with Crippen molar-refractivity contribution in [1.82, 2.24) is 10.6 Å². The van der Waals surface area contributed by atoms with Crippen molar-refractivity contribution < 1.29 is 19.1 Å². The predicted molar refractivity (Wildman–Crippen MR) is 77.4 cm³/mol. The topological polar surface area (TPSA) is 76.7 Å². The number of rotatable bonds is 5. The molecule has 21 heavy (non-hydrogen) atoms. The molecular weight excluding hydrogens is 272 g/mol. The van der Waals surface area contributed by atoms with Crippen LogP contribution < -0.4 is 20.1 Å². The molecule has 2 amide bonds. The number of ether oxygens (including phenoxy) is 2. The molecule has 0 radical (unpaired) electrons. The molecule has 1 aromatic carbocycles. The number of carbonyl (C=O) groups is 2. The van der Waals surface area contributed by atoms with E-state index in [2.05, 4.69) is 10.6 Å². The molecular formula is C15H20N2O4. The summed E-state index contributed by atoms with van der Waals surface area (Å²) in [5.41, 5.74) is 0.802. The minimum atomic E-state index is -0.0837. The minimum Gasteiger partial charge on any atom is -0.497 e. The highest BCUT2D eigenvalue weighted by Crippen LogP contribution is 2.24. The molecule has 6 nitrogen and oxygen atoms in total. The van der Waals surface area contributed by atoms with E-state index in [4.69, 9.17) is 9.47 Å². The van der Waals surface area contributed by atoms with Gasteiger partial charge in [-0.05, 0) is 12.5 Å². The van der Waals surface area contributed by atoms with Gasteiger partial charge in [0.15, 0.2) is 0 Å². The zero-order valence-corrected chi connectivity index (χ0v) is 12.3. The lowest BCUT2D eigenvalue weighted by Crippen LogP contribution is -2.48. The second-order valence-electron chi connectivity index (χ2n) is 4.96. The first kappa shape index (κ1) is 15.2. The molecule has 2 N–H and O–H groups in total. The summed E-state index contributed by atoms with van der Waals surface area (Å²) in [6, 6.07) is 5.37. The van der Waals surface area contributed by atoms with E-state index in [1.165, 1.54) is 0 Å². The lowest BCUT2D eigenvalue weighted by Gasteiger charge is -2.23. The molecule has 1 aromatic rings. The summed E-state index contributed by atoms with van der Waals surface area (Å²) >= 11 is 0. The maximum atomic E-state index is 12.1. The Morgan fingerprint density at radius 3 is 2.81 bits per heavy atom. The van der Waals surface area contributed by atoms with Crippen LogP contribution in [0, 0.1) is 0 Å². The summed E-state index contributed by atoms with van der Waals surface area (Å²) in [4.78, 5) is 23.2. The van der Waals surface area contributed by atoms with Crippen molar-refractivity contribution in [3.8, 4) is 11.5 Å². The van der Waals surface area contributed by atoms with Gasteiger partial charge >= 0.3 is 0 Å². The molecule has 0 aliphatic carbocycles. The molecule has 2 rings (SSSR count). The van der Waals surface area contributed by atoms with Gasteiger partial charge in [-0.1, -0.05) is 6.07 Å². The van der Waals surface area contributed by atoms with Crippen molar-refractivity contribution >= 4 is 11.8 Å². The van der Waals surface area contributed by atoms with Crippen LogP contribution in [0.5, 0.6) is 11.5 Å². The molecule has 1 aliphatic rings. The van der Waals surface area contributed by atoms with Crippen molar-refractivity contribution in [2.24, 2.45) is 0 Å². The minimum absolute atomic E-state index is 0.000516. The van der Waals surface area contributed by atoms with Crippen LogP contribution in [0.25, 0.3) is 0 Å². The Balaban J connectivity index is 1.94. The van der Waals surface area contributed by atoms with Gasteiger partial charge in [0.1, 0.15) is 11.5 Å². The van der Waals surface area contributed by atoms with E-state index >= 15 is 0 Å². The van der Waals surface area contributed by atoms with Crippen molar-refractivity contribution in [1.29, 1.82) is 0 Å². The first-order chi connectivity index (χ1) is 10.1. The number of benzene rings is 1. The first-order valence-electron chi connectivity index (χ1n) is 6.89. The van der Waals surface area contributed by atoms with Crippen LogP contribution in [0.15, 0.2) is 18.2 Å². The van der Waals surface area contributed by atoms with Crippen LogP contribution in [-0.2, 0) is 16.0 Å². The van der Waals surface area contributed by atoms with Gasteiger partial charge in [-0.25, -0.2) is 0 Å². The van der Waals surface area contributed by atoms with E-state index in [1.54, 1.807) is 26.4 Å². The molecule has 1 unspecified atom stereocenters. The zero-order chi connectivity index (χ0) is 15.2. The van der Waals surface area contributed by atoms with Gasteiger partial charge in [0.2, 0.25) is 11.8 Å². The highest BCUT2D eigenvalue weighted by molar-refractivity contribution is 5.81. The summed E-state index contributed by atoms with van der Waals surface area (Å²) in [7, 11) is 3.14. The number of nitrogens with one attached hydrogen (secondary N) is 2. The van der Waals surface area contributed by atoms with E-state index in [0.717, 1.165) is 5.56 Å². The van der Waals surface area contributed by atoms with Gasteiger partial charge in [-0.15, -0.1) is 0 Å². The Labute approximate surface area is 123 Å². The monoisotopic (exact) mass is 292 g/mol. The third kappa shape index (κ3) is 4.11. The largest absolute Gasteiger partial charge is 0.497 e. The summed E-state index contributed by atoms with van der Waals surface area (Å²) in [6.45, 7) is 0.490.